The van der Waals surface area contributed by atoms with E-state index in [4.69, 9.17) is 5.73 Å². The van der Waals surface area contributed by atoms with E-state index in [9.17, 15) is 4.79 Å². The van der Waals surface area contributed by atoms with Crippen LogP contribution in [-0.4, -0.2) is 16.0 Å². The van der Waals surface area contributed by atoms with Gasteiger partial charge in [0.15, 0.2) is 0 Å². The molecule has 0 aliphatic heterocycles. The molecule has 0 radical (unpaired) electrons. The van der Waals surface area contributed by atoms with Gasteiger partial charge in [0.1, 0.15) is 0 Å². The van der Waals surface area contributed by atoms with Gasteiger partial charge in [0.2, 0.25) is 0 Å². The molecule has 1 aromatic heterocycles. The van der Waals surface area contributed by atoms with Gasteiger partial charge in [-0.25, -0.2) is 4.98 Å². The van der Waals surface area contributed by atoms with Gasteiger partial charge in [0, 0.05) is 11.6 Å². The first-order chi connectivity index (χ1) is 5.77. The number of rotatable bonds is 0. The zero-order chi connectivity index (χ0) is 8.55. The molecule has 1 aromatic rings. The number of H-pyrrole nitrogens is 1. The second-order valence-corrected chi connectivity index (χ2v) is 3.16. The van der Waals surface area contributed by atoms with E-state index in [2.05, 4.69) is 9.97 Å². The van der Waals surface area contributed by atoms with E-state index < -0.39 is 0 Å². The van der Waals surface area contributed by atoms with Crippen LogP contribution in [-0.2, 0) is 12.8 Å². The van der Waals surface area contributed by atoms with Crippen molar-refractivity contribution < 1.29 is 0 Å². The molecule has 0 amide bonds. The maximum Gasteiger partial charge on any atom is 0.254 e. The van der Waals surface area contributed by atoms with Gasteiger partial charge in [-0.05, 0) is 19.3 Å². The van der Waals surface area contributed by atoms with Gasteiger partial charge >= 0.3 is 0 Å². The molecule has 4 nitrogen and oxygen atoms in total. The Balaban J connectivity index is 2.50. The fourth-order valence-electron chi connectivity index (χ4n) is 1.58. The maximum absolute atomic E-state index is 11.3. The molecular formula is C8H11N3O. The third kappa shape index (κ3) is 1.14. The van der Waals surface area contributed by atoms with Crippen LogP contribution in [0.25, 0.3) is 0 Å². The molecule has 2 rings (SSSR count). The lowest BCUT2D eigenvalue weighted by Gasteiger charge is -2.18. The van der Waals surface area contributed by atoms with Crippen LogP contribution in [0.2, 0.25) is 0 Å². The standard InChI is InChI=1S/C8H11N3O/c9-5-1-2-7-6(3-5)8(12)11-4-10-7/h4-5H,1-3,9H2,(H,10,11,12). The van der Waals surface area contributed by atoms with Crippen LogP contribution in [0.1, 0.15) is 17.7 Å². The quantitative estimate of drug-likeness (QED) is 0.548. The van der Waals surface area contributed by atoms with Gasteiger partial charge in [0.05, 0.1) is 12.0 Å². The molecule has 4 heteroatoms. The predicted molar refractivity (Wildman–Crippen MR) is 44.9 cm³/mol. The third-order valence-corrected chi connectivity index (χ3v) is 2.26. The Kier molecular flexibility index (Phi) is 1.69. The maximum atomic E-state index is 11.3. The third-order valence-electron chi connectivity index (χ3n) is 2.26. The monoisotopic (exact) mass is 165 g/mol. The van der Waals surface area contributed by atoms with Crippen molar-refractivity contribution in [3.05, 3.63) is 27.9 Å². The summed E-state index contributed by atoms with van der Waals surface area (Å²) in [6.07, 6.45) is 3.89. The Morgan fingerprint density at radius 3 is 3.33 bits per heavy atom. The second kappa shape index (κ2) is 2.71. The topological polar surface area (TPSA) is 71.8 Å². The van der Waals surface area contributed by atoms with Gasteiger partial charge in [-0.2, -0.15) is 0 Å². The minimum absolute atomic E-state index is 0.0323. The Hall–Kier alpha value is -1.16. The fourth-order valence-corrected chi connectivity index (χ4v) is 1.58. The Morgan fingerprint density at radius 2 is 2.50 bits per heavy atom. The van der Waals surface area contributed by atoms with Crippen molar-refractivity contribution in [3.63, 3.8) is 0 Å². The Labute approximate surface area is 69.8 Å². The highest BCUT2D eigenvalue weighted by Crippen LogP contribution is 2.13. The number of aryl methyl sites for hydroxylation is 1. The summed E-state index contributed by atoms with van der Waals surface area (Å²) in [7, 11) is 0. The lowest BCUT2D eigenvalue weighted by Crippen LogP contribution is -2.33. The fraction of sp³-hybridized carbons (Fsp3) is 0.500. The molecule has 0 fully saturated rings. The van der Waals surface area contributed by atoms with Crippen LogP contribution in [0.3, 0.4) is 0 Å². The van der Waals surface area contributed by atoms with Crippen LogP contribution in [0.15, 0.2) is 11.1 Å². The number of nitrogens with one attached hydrogen (secondary N) is 1. The van der Waals surface area contributed by atoms with Crippen LogP contribution in [0.5, 0.6) is 0 Å². The molecule has 0 saturated carbocycles. The van der Waals surface area contributed by atoms with E-state index in [1.54, 1.807) is 0 Å². The molecule has 0 spiro atoms. The first-order valence-corrected chi connectivity index (χ1v) is 4.08. The van der Waals surface area contributed by atoms with Gasteiger partial charge in [-0.3, -0.25) is 4.79 Å². The van der Waals surface area contributed by atoms with E-state index in [0.29, 0.717) is 6.42 Å². The average molecular weight is 165 g/mol. The minimum atomic E-state index is -0.0323. The smallest absolute Gasteiger partial charge is 0.254 e. The van der Waals surface area contributed by atoms with Crippen molar-refractivity contribution in [2.45, 2.75) is 25.3 Å². The van der Waals surface area contributed by atoms with E-state index in [1.807, 2.05) is 0 Å². The zero-order valence-electron chi connectivity index (χ0n) is 6.71. The highest BCUT2D eigenvalue weighted by Gasteiger charge is 2.18. The number of nitrogens with two attached hydrogens (primary N) is 1. The van der Waals surface area contributed by atoms with Gasteiger partial charge in [-0.15, -0.1) is 0 Å². The average Bonchev–Trinajstić information content (AvgIpc) is 2.07. The molecule has 1 aliphatic carbocycles. The molecule has 3 N–H and O–H groups in total. The van der Waals surface area contributed by atoms with Crippen LogP contribution in [0, 0.1) is 0 Å². The first-order valence-electron chi connectivity index (χ1n) is 4.08. The second-order valence-electron chi connectivity index (χ2n) is 3.16. The van der Waals surface area contributed by atoms with E-state index in [0.717, 1.165) is 24.1 Å². The van der Waals surface area contributed by atoms with Crippen molar-refractivity contribution in [3.8, 4) is 0 Å². The number of aromatic amines is 1. The molecule has 1 atom stereocenters. The normalized spacial score (nSPS) is 21.9. The summed E-state index contributed by atoms with van der Waals surface area (Å²) in [5, 5.41) is 0. The van der Waals surface area contributed by atoms with Gasteiger partial charge in [0.25, 0.3) is 5.56 Å². The molecule has 64 valence electrons. The zero-order valence-corrected chi connectivity index (χ0v) is 6.71. The largest absolute Gasteiger partial charge is 0.327 e. The molecule has 0 bridgehead atoms. The highest BCUT2D eigenvalue weighted by atomic mass is 16.1. The van der Waals surface area contributed by atoms with Crippen molar-refractivity contribution in [1.82, 2.24) is 9.97 Å². The number of aromatic nitrogens is 2. The van der Waals surface area contributed by atoms with Crippen molar-refractivity contribution in [2.75, 3.05) is 0 Å². The van der Waals surface area contributed by atoms with Crippen molar-refractivity contribution in [1.29, 1.82) is 0 Å². The van der Waals surface area contributed by atoms with Crippen molar-refractivity contribution >= 4 is 0 Å². The van der Waals surface area contributed by atoms with Gasteiger partial charge < -0.3 is 10.7 Å². The van der Waals surface area contributed by atoms with Crippen LogP contribution >= 0.6 is 0 Å². The Bertz CT molecular complexity index is 344. The number of nitrogens with zero attached hydrogens (tertiary/aromatic N) is 1. The molecular weight excluding hydrogens is 154 g/mol. The summed E-state index contributed by atoms with van der Waals surface area (Å²) >= 11 is 0. The molecule has 12 heavy (non-hydrogen) atoms. The molecule has 0 saturated heterocycles. The molecule has 1 aliphatic rings. The Morgan fingerprint density at radius 1 is 1.67 bits per heavy atom. The number of fused-ring (bicyclic) bond motifs is 1. The van der Waals surface area contributed by atoms with E-state index in [1.165, 1.54) is 6.33 Å². The summed E-state index contributed by atoms with van der Waals surface area (Å²) in [5.41, 5.74) is 7.40. The minimum Gasteiger partial charge on any atom is -0.327 e. The summed E-state index contributed by atoms with van der Waals surface area (Å²) in [6, 6.07) is 0.128. The van der Waals surface area contributed by atoms with Crippen LogP contribution in [0.4, 0.5) is 0 Å². The summed E-state index contributed by atoms with van der Waals surface area (Å²) in [4.78, 5) is 17.9. The predicted octanol–water partition coefficient (Wildman–Crippen LogP) is -0.414. The molecule has 1 unspecified atom stereocenters. The van der Waals surface area contributed by atoms with Crippen molar-refractivity contribution in [2.24, 2.45) is 5.73 Å². The van der Waals surface area contributed by atoms with Gasteiger partial charge in [-0.1, -0.05) is 0 Å². The highest BCUT2D eigenvalue weighted by molar-refractivity contribution is 5.20. The lowest BCUT2D eigenvalue weighted by molar-refractivity contribution is 0.560. The summed E-state index contributed by atoms with van der Waals surface area (Å²) in [5.74, 6) is 0. The first kappa shape index (κ1) is 7.49. The number of hydrogen-bond acceptors (Lipinski definition) is 3. The summed E-state index contributed by atoms with van der Waals surface area (Å²) < 4.78 is 0. The number of hydrogen-bond donors (Lipinski definition) is 2. The lowest BCUT2D eigenvalue weighted by atomic mass is 9.93. The molecule has 0 aromatic carbocycles. The van der Waals surface area contributed by atoms with E-state index in [-0.39, 0.29) is 11.6 Å². The van der Waals surface area contributed by atoms with E-state index >= 15 is 0 Å². The SMILES string of the molecule is NC1CCc2nc[nH]c(=O)c2C1. The summed E-state index contributed by atoms with van der Waals surface area (Å²) in [6.45, 7) is 0. The molecule has 1 heterocycles. The van der Waals surface area contributed by atoms with Crippen LogP contribution < -0.4 is 11.3 Å².